The second kappa shape index (κ2) is 32.0. The molecule has 4 aromatic rings. The number of rotatable bonds is 12. The van der Waals surface area contributed by atoms with Gasteiger partial charge < -0.3 is 46.2 Å². The Morgan fingerprint density at radius 3 is 2.19 bits per heavy atom. The third-order valence-electron chi connectivity index (χ3n) is 13.9. The Morgan fingerprint density at radius 2 is 1.62 bits per heavy atom. The summed E-state index contributed by atoms with van der Waals surface area (Å²) in [4.78, 5) is 53.1. The van der Waals surface area contributed by atoms with E-state index < -0.39 is 17.6 Å². The minimum absolute atomic E-state index is 0. The summed E-state index contributed by atoms with van der Waals surface area (Å²) >= 11 is 6.25. The fourth-order valence-corrected chi connectivity index (χ4v) is 9.92. The second-order valence-electron chi connectivity index (χ2n) is 18.9. The Bertz CT molecular complexity index is 2360. The molecule has 402 valence electrons. The summed E-state index contributed by atoms with van der Waals surface area (Å²) in [5.41, 5.74) is 9.54. The van der Waals surface area contributed by atoms with Crippen LogP contribution in [0.5, 0.6) is 11.5 Å². The van der Waals surface area contributed by atoms with E-state index in [0.717, 1.165) is 68.8 Å². The van der Waals surface area contributed by atoms with E-state index in [9.17, 15) is 28.7 Å². The van der Waals surface area contributed by atoms with Gasteiger partial charge in [0.1, 0.15) is 12.0 Å². The molecule has 1 unspecified atom stereocenters. The van der Waals surface area contributed by atoms with E-state index in [-0.39, 0.29) is 75.7 Å². The molecule has 0 bridgehead atoms. The summed E-state index contributed by atoms with van der Waals surface area (Å²) in [5, 5.41) is 15.6. The van der Waals surface area contributed by atoms with Gasteiger partial charge in [0.15, 0.2) is 0 Å². The number of halogens is 2. The van der Waals surface area contributed by atoms with Gasteiger partial charge >= 0.3 is 27.1 Å². The van der Waals surface area contributed by atoms with Crippen LogP contribution in [0.4, 0.5) is 14.9 Å². The molecule has 9 rings (SSSR count). The number of benzene rings is 4. The number of likely N-dealkylation sites (tertiary alicyclic amines) is 2. The molecule has 1 aliphatic carbocycles. The van der Waals surface area contributed by atoms with Gasteiger partial charge in [0.25, 0.3) is 5.91 Å². The molecule has 15 nitrogen and oxygen atoms in total. The quantitative estimate of drug-likeness (QED) is 0.0775. The number of carbonyl (C=O) groups excluding carboxylic acids is 4. The van der Waals surface area contributed by atoms with Crippen molar-refractivity contribution < 1.29 is 64.0 Å². The second-order valence-corrected chi connectivity index (χ2v) is 19.3. The maximum atomic E-state index is 14.2. The van der Waals surface area contributed by atoms with Crippen molar-refractivity contribution in [2.24, 2.45) is 5.73 Å². The topological polar surface area (TPSA) is 209 Å². The number of carbonyl (C=O) groups is 4. The van der Waals surface area contributed by atoms with E-state index in [1.165, 1.54) is 69.1 Å². The van der Waals surface area contributed by atoms with Crippen molar-refractivity contribution >= 4 is 41.4 Å². The summed E-state index contributed by atoms with van der Waals surface area (Å²) < 4.78 is 31.1. The van der Waals surface area contributed by atoms with Gasteiger partial charge in [0.05, 0.1) is 49.2 Å². The first-order valence-corrected chi connectivity index (χ1v) is 25.9. The molecule has 4 heterocycles. The van der Waals surface area contributed by atoms with Crippen LogP contribution in [-0.4, -0.2) is 130 Å². The van der Waals surface area contributed by atoms with Gasteiger partial charge in [-0.1, -0.05) is 91.0 Å². The van der Waals surface area contributed by atoms with Crippen LogP contribution in [0.3, 0.4) is 0 Å². The minimum Gasteiger partial charge on any atom is -0.693 e. The molecular weight excluding hydrogens is 1140 g/mol. The number of ether oxygens (including phenoxy) is 3. The van der Waals surface area contributed by atoms with Crippen molar-refractivity contribution in [3.05, 3.63) is 119 Å². The van der Waals surface area contributed by atoms with Crippen molar-refractivity contribution in [1.29, 1.82) is 0 Å². The van der Waals surface area contributed by atoms with Crippen LogP contribution >= 0.6 is 11.6 Å². The number of hydrogen-bond donors (Lipinski definition) is 4. The number of aldehydes is 1. The molecule has 5 aliphatic rings. The summed E-state index contributed by atoms with van der Waals surface area (Å²) in [7, 11) is 3.57. The largest absolute Gasteiger partial charge is 2.00 e. The fraction of sp³-hybridized carbons (Fsp3) is 0.500. The van der Waals surface area contributed by atoms with Gasteiger partial charge in [-0.3, -0.25) is 29.1 Å². The van der Waals surface area contributed by atoms with Crippen LogP contribution in [0.1, 0.15) is 111 Å². The number of amides is 4. The molecule has 0 radical (unpaired) electrons. The van der Waals surface area contributed by atoms with Gasteiger partial charge in [-0.15, -0.1) is 17.7 Å². The van der Waals surface area contributed by atoms with Crippen LogP contribution < -0.4 is 26.0 Å². The summed E-state index contributed by atoms with van der Waals surface area (Å²) in [6, 6.07) is 26.2. The van der Waals surface area contributed by atoms with Gasteiger partial charge in [0.2, 0.25) is 5.91 Å². The molecule has 5 fully saturated rings. The van der Waals surface area contributed by atoms with E-state index >= 15 is 0 Å². The van der Waals surface area contributed by atoms with Gasteiger partial charge in [-0.2, -0.15) is 0 Å². The molecule has 0 spiro atoms. The predicted octanol–water partition coefficient (Wildman–Crippen LogP) is 9.61. The normalized spacial score (nSPS) is 18.9. The first-order valence-electron chi connectivity index (χ1n) is 25.6. The molecule has 0 aromatic heterocycles. The molecule has 4 saturated heterocycles. The summed E-state index contributed by atoms with van der Waals surface area (Å²) in [6.07, 6.45) is 15.1. The number of anilines is 1. The number of nitrogens with two attached hydrogens (primary N) is 2. The number of nitrogens with zero attached hydrogens (tertiary/aromatic N) is 3. The number of phenolic OH excluding ortho intramolecular Hbond substituents is 1. The zero-order valence-corrected chi connectivity index (χ0v) is 46.8. The third-order valence-corrected chi connectivity index (χ3v) is 14.3. The van der Waals surface area contributed by atoms with E-state index in [1.54, 1.807) is 30.3 Å². The number of aromatic hydroxyl groups is 1. The number of piperidine rings is 2. The van der Waals surface area contributed by atoms with Gasteiger partial charge in [-0.05, 0) is 94.7 Å². The van der Waals surface area contributed by atoms with E-state index in [1.807, 2.05) is 41.3 Å². The first kappa shape index (κ1) is 61.8. The van der Waals surface area contributed by atoms with Crippen molar-refractivity contribution in [3.8, 4) is 22.6 Å². The Labute approximate surface area is 456 Å². The molecular formula is C56H75ClFN7O8W. The average molecular weight is 1210 g/mol. The third kappa shape index (κ3) is 17.9. The molecule has 74 heavy (non-hydrogen) atoms. The smallest absolute Gasteiger partial charge is 0.693 e. The van der Waals surface area contributed by atoms with Crippen LogP contribution in [0.25, 0.3) is 17.3 Å². The Morgan fingerprint density at radius 1 is 0.932 bits per heavy atom. The SMILES string of the molecule is CNC1CCCCC1.COc1ccc(C(=O)N2CCC(OC3CCN(CC=O)CC3)CC2)cc1N1CCC(=O)NC1=O.C[C@@H]1CCCO1.NCC(c1ccccc1)c1ccc(Cl)c(-c2[c-]ccc(O)c2F)c1.[NH2-].[W+2]. The standard InChI is InChI=1S/C24H32N4O6.C20H16ClFNO.C7H15N.C5H10O.H2N.W/c1-33-21-3-2-17(16-20(21)28-13-8-22(30)25-24(28)32)23(31)27-11-6-19(7-12-27)34-18-4-9-26(10-5-18)14-15-29;21-18-10-9-14(17(12-23)13-5-2-1-3-6-13)11-16(18)15-7-4-8-19(24)20(15)22;1-8-7-5-3-2-4-6-7;1-5-3-2-4-6-5;;/h2-3,15-16,18-19H,4-14H2,1H3,(H,25,30,32);1-6,8-11,17,24H,12,23H2;7-8H,2-6H2,1H3;5H,2-4H2,1H3;1H2;/q;-1;;;-1;+2/t;;;5-;;/m...1../s1. The van der Waals surface area contributed by atoms with Crippen LogP contribution in [0, 0.1) is 11.9 Å². The minimum atomic E-state index is -0.736. The molecule has 7 N–H and O–H groups in total. The zero-order chi connectivity index (χ0) is 51.4. The molecule has 4 amide bonds. The van der Waals surface area contributed by atoms with Gasteiger partial charge in [0, 0.05) is 74.8 Å². The Hall–Kier alpha value is -4.77. The maximum absolute atomic E-state index is 14.2. The van der Waals surface area contributed by atoms with E-state index in [2.05, 4.69) is 35.6 Å². The van der Waals surface area contributed by atoms with Crippen molar-refractivity contribution in [2.45, 2.75) is 114 Å². The van der Waals surface area contributed by atoms with Crippen LogP contribution in [0.2, 0.25) is 5.02 Å². The van der Waals surface area contributed by atoms with Crippen molar-refractivity contribution in [3.63, 3.8) is 0 Å². The summed E-state index contributed by atoms with van der Waals surface area (Å²) in [5.74, 6) is -1.14. The van der Waals surface area contributed by atoms with Crippen LogP contribution in [0.15, 0.2) is 78.9 Å². The Balaban J connectivity index is 0.000000255. The molecule has 4 aromatic carbocycles. The number of urea groups is 1. The molecule has 4 aliphatic heterocycles. The number of phenols is 1. The van der Waals surface area contributed by atoms with Crippen molar-refractivity contribution in [2.75, 3.05) is 71.5 Å². The number of methoxy groups -OCH3 is 1. The monoisotopic (exact) mass is 1210 g/mol. The number of hydrogen-bond acceptors (Lipinski definition) is 11. The zero-order valence-electron chi connectivity index (χ0n) is 43.1. The summed E-state index contributed by atoms with van der Waals surface area (Å²) in [6.45, 7) is 7.20. The molecule has 18 heteroatoms. The van der Waals surface area contributed by atoms with E-state index in [4.69, 9.17) is 31.5 Å². The molecule has 1 saturated carbocycles. The Kier molecular flexibility index (Phi) is 26.7. The van der Waals surface area contributed by atoms with Gasteiger partial charge in [-0.25, -0.2) is 4.79 Å². The number of imide groups is 1. The number of nitrogens with one attached hydrogen (secondary N) is 2. The maximum Gasteiger partial charge on any atom is 2.00 e. The van der Waals surface area contributed by atoms with Crippen LogP contribution in [-0.2, 0) is 40.1 Å². The average Bonchev–Trinajstić information content (AvgIpc) is 3.90. The molecule has 2 atom stereocenters. The predicted molar refractivity (Wildman–Crippen MR) is 285 cm³/mol. The first-order chi connectivity index (χ1) is 34.9. The van der Waals surface area contributed by atoms with Crippen molar-refractivity contribution in [1.82, 2.24) is 20.4 Å². The van der Waals surface area contributed by atoms with E-state index in [0.29, 0.717) is 59.9 Å². The fourth-order valence-electron chi connectivity index (χ4n) is 9.71.